The van der Waals surface area contributed by atoms with Crippen LogP contribution in [0, 0.1) is 0 Å². The third-order valence-corrected chi connectivity index (χ3v) is 2.37. The molecule has 0 aromatic carbocycles. The van der Waals surface area contributed by atoms with Crippen molar-refractivity contribution in [3.63, 3.8) is 0 Å². The Kier molecular flexibility index (Phi) is 4.59. The minimum absolute atomic E-state index is 0.0603. The summed E-state index contributed by atoms with van der Waals surface area (Å²) in [6.07, 6.45) is -1.71. The first-order valence-electron chi connectivity index (χ1n) is 4.32. The fourth-order valence-electron chi connectivity index (χ4n) is 1.12. The number of halogens is 1. The van der Waals surface area contributed by atoms with Crippen molar-refractivity contribution in [1.82, 2.24) is 10.2 Å². The predicted octanol–water partition coefficient (Wildman–Crippen LogP) is 0.426. The smallest absolute Gasteiger partial charge is 0.152 e. The number of aliphatic hydroxyl groups is 2. The first-order chi connectivity index (χ1) is 7.06. The molecule has 2 unspecified atom stereocenters. The number of anilines is 1. The lowest BCUT2D eigenvalue weighted by Crippen LogP contribution is -2.20. The topological polar surface area (TPSA) is 92.3 Å². The highest BCUT2D eigenvalue weighted by Crippen LogP contribution is 2.24. The normalized spacial score (nSPS) is 14.9. The number of nitrogen functional groups attached to an aromatic ring is 1. The van der Waals surface area contributed by atoms with E-state index in [-0.39, 0.29) is 16.5 Å². The number of hydrogen-bond acceptors (Lipinski definition) is 6. The van der Waals surface area contributed by atoms with Crippen LogP contribution in [-0.4, -0.2) is 32.3 Å². The van der Waals surface area contributed by atoms with Crippen molar-refractivity contribution < 1.29 is 10.2 Å². The molecule has 0 fully saturated rings. The van der Waals surface area contributed by atoms with Gasteiger partial charge in [0.2, 0.25) is 0 Å². The summed E-state index contributed by atoms with van der Waals surface area (Å²) in [5.41, 5.74) is 5.78. The van der Waals surface area contributed by atoms with Crippen LogP contribution in [-0.2, 0) is 0 Å². The summed E-state index contributed by atoms with van der Waals surface area (Å²) in [6.45, 7) is 0. The number of nitrogens with zero attached hydrogens (tertiary/aromatic N) is 2. The van der Waals surface area contributed by atoms with Gasteiger partial charge in [-0.2, -0.15) is 12.6 Å². The van der Waals surface area contributed by atoms with Crippen LogP contribution in [0.15, 0.2) is 6.07 Å². The Morgan fingerprint density at radius 3 is 2.73 bits per heavy atom. The van der Waals surface area contributed by atoms with Crippen LogP contribution in [0.25, 0.3) is 0 Å². The fraction of sp³-hybridized carbons (Fsp3) is 0.500. The monoisotopic (exact) mass is 249 g/mol. The highest BCUT2D eigenvalue weighted by atomic mass is 35.5. The van der Waals surface area contributed by atoms with Gasteiger partial charge in [0.1, 0.15) is 6.10 Å². The van der Waals surface area contributed by atoms with E-state index in [2.05, 4.69) is 22.8 Å². The highest BCUT2D eigenvalue weighted by Gasteiger charge is 2.21. The second kappa shape index (κ2) is 5.50. The quantitative estimate of drug-likeness (QED) is 0.581. The van der Waals surface area contributed by atoms with Crippen LogP contribution in [0.2, 0.25) is 5.15 Å². The van der Waals surface area contributed by atoms with Crippen LogP contribution < -0.4 is 5.73 Å². The average Bonchev–Trinajstić information content (AvgIpc) is 2.21. The molecular weight excluding hydrogens is 238 g/mol. The van der Waals surface area contributed by atoms with Crippen molar-refractivity contribution in [2.24, 2.45) is 0 Å². The van der Waals surface area contributed by atoms with Crippen LogP contribution in [0.1, 0.15) is 18.1 Å². The molecule has 15 heavy (non-hydrogen) atoms. The standard InChI is InChI=1S/C8H12ClN3O2S/c9-6-3-4(8(10)12-11-6)7(14)5(13)1-2-15/h3,5,7,13-15H,1-2H2,(H2,10,12). The van der Waals surface area contributed by atoms with Crippen molar-refractivity contribution >= 4 is 30.0 Å². The molecule has 2 atom stereocenters. The SMILES string of the molecule is Nc1nnc(Cl)cc1C(O)C(O)CCS. The molecule has 1 aromatic heterocycles. The second-order valence-electron chi connectivity index (χ2n) is 3.03. The summed E-state index contributed by atoms with van der Waals surface area (Å²) in [6, 6.07) is 1.39. The Bertz CT molecular complexity index is 340. The lowest BCUT2D eigenvalue weighted by molar-refractivity contribution is 0.0174. The van der Waals surface area contributed by atoms with Crippen molar-refractivity contribution in [3.05, 3.63) is 16.8 Å². The third kappa shape index (κ3) is 3.20. The van der Waals surface area contributed by atoms with Gasteiger partial charge in [-0.05, 0) is 18.2 Å². The first kappa shape index (κ1) is 12.5. The third-order valence-electron chi connectivity index (χ3n) is 1.93. The van der Waals surface area contributed by atoms with Crippen LogP contribution in [0.3, 0.4) is 0 Å². The van der Waals surface area contributed by atoms with Gasteiger partial charge < -0.3 is 15.9 Å². The second-order valence-corrected chi connectivity index (χ2v) is 3.87. The van der Waals surface area contributed by atoms with Gasteiger partial charge in [0.15, 0.2) is 11.0 Å². The summed E-state index contributed by atoms with van der Waals surface area (Å²) in [5, 5.41) is 26.5. The van der Waals surface area contributed by atoms with E-state index in [1.165, 1.54) is 6.07 Å². The molecule has 0 aliphatic rings. The summed E-state index contributed by atoms with van der Waals surface area (Å²) in [5.74, 6) is 0.523. The minimum atomic E-state index is -1.12. The first-order valence-corrected chi connectivity index (χ1v) is 5.33. The van der Waals surface area contributed by atoms with Crippen molar-refractivity contribution in [3.8, 4) is 0 Å². The van der Waals surface area contributed by atoms with Gasteiger partial charge in [0.05, 0.1) is 6.10 Å². The predicted molar refractivity (Wildman–Crippen MR) is 60.9 cm³/mol. The maximum Gasteiger partial charge on any atom is 0.152 e. The molecule has 1 aromatic rings. The van der Waals surface area contributed by atoms with Gasteiger partial charge in [0.25, 0.3) is 0 Å². The molecule has 0 spiro atoms. The van der Waals surface area contributed by atoms with Gasteiger partial charge in [-0.25, -0.2) is 0 Å². The molecule has 0 saturated carbocycles. The van der Waals surface area contributed by atoms with Crippen molar-refractivity contribution in [1.29, 1.82) is 0 Å². The molecule has 5 nitrogen and oxygen atoms in total. The summed E-state index contributed by atoms with van der Waals surface area (Å²) >= 11 is 9.56. The Labute approximate surface area is 97.7 Å². The summed E-state index contributed by atoms with van der Waals surface area (Å²) < 4.78 is 0. The molecule has 0 amide bonds. The molecule has 0 radical (unpaired) electrons. The zero-order valence-electron chi connectivity index (χ0n) is 7.84. The average molecular weight is 250 g/mol. The number of aliphatic hydroxyl groups excluding tert-OH is 2. The maximum absolute atomic E-state index is 9.74. The van der Waals surface area contributed by atoms with E-state index in [0.717, 1.165) is 0 Å². The lowest BCUT2D eigenvalue weighted by atomic mass is 10.0. The Balaban J connectivity index is 2.89. The minimum Gasteiger partial charge on any atom is -0.390 e. The number of nitrogens with two attached hydrogens (primary N) is 1. The largest absolute Gasteiger partial charge is 0.390 e. The van der Waals surface area contributed by atoms with Crippen molar-refractivity contribution in [2.75, 3.05) is 11.5 Å². The van der Waals surface area contributed by atoms with E-state index in [1.54, 1.807) is 0 Å². The van der Waals surface area contributed by atoms with E-state index in [1.807, 2.05) is 0 Å². The highest BCUT2D eigenvalue weighted by molar-refractivity contribution is 7.80. The maximum atomic E-state index is 9.74. The number of aromatic nitrogens is 2. The molecule has 84 valence electrons. The van der Waals surface area contributed by atoms with E-state index in [4.69, 9.17) is 17.3 Å². The van der Waals surface area contributed by atoms with Gasteiger partial charge in [0, 0.05) is 5.56 Å². The fourth-order valence-corrected chi connectivity index (χ4v) is 1.54. The van der Waals surface area contributed by atoms with Crippen LogP contribution in [0.5, 0.6) is 0 Å². The molecular formula is C8H12ClN3O2S. The Hall–Kier alpha value is -0.560. The summed E-state index contributed by atoms with van der Waals surface area (Å²) in [7, 11) is 0. The molecule has 0 aliphatic carbocycles. The molecule has 0 aliphatic heterocycles. The molecule has 1 heterocycles. The summed E-state index contributed by atoms with van der Waals surface area (Å²) in [4.78, 5) is 0. The van der Waals surface area contributed by atoms with Crippen LogP contribution >= 0.6 is 24.2 Å². The van der Waals surface area contributed by atoms with E-state index >= 15 is 0 Å². The number of thiol groups is 1. The van der Waals surface area contributed by atoms with Crippen molar-refractivity contribution in [2.45, 2.75) is 18.6 Å². The van der Waals surface area contributed by atoms with Gasteiger partial charge in [-0.3, -0.25) is 0 Å². The molecule has 7 heteroatoms. The van der Waals surface area contributed by atoms with Crippen LogP contribution in [0.4, 0.5) is 5.82 Å². The van der Waals surface area contributed by atoms with Gasteiger partial charge in [-0.1, -0.05) is 11.6 Å². The molecule has 0 bridgehead atoms. The van der Waals surface area contributed by atoms with E-state index in [0.29, 0.717) is 12.2 Å². The zero-order valence-corrected chi connectivity index (χ0v) is 9.49. The van der Waals surface area contributed by atoms with Gasteiger partial charge >= 0.3 is 0 Å². The Morgan fingerprint density at radius 2 is 2.13 bits per heavy atom. The molecule has 4 N–H and O–H groups in total. The zero-order chi connectivity index (χ0) is 11.4. The molecule has 1 rings (SSSR count). The number of rotatable bonds is 4. The number of hydrogen-bond donors (Lipinski definition) is 4. The Morgan fingerprint density at radius 1 is 1.47 bits per heavy atom. The van der Waals surface area contributed by atoms with Gasteiger partial charge in [-0.15, -0.1) is 10.2 Å². The van der Waals surface area contributed by atoms with E-state index < -0.39 is 12.2 Å². The molecule has 0 saturated heterocycles. The van der Waals surface area contributed by atoms with E-state index in [9.17, 15) is 10.2 Å². The lowest BCUT2D eigenvalue weighted by Gasteiger charge is -2.17.